The van der Waals surface area contributed by atoms with Crippen LogP contribution >= 0.6 is 11.6 Å². The summed E-state index contributed by atoms with van der Waals surface area (Å²) in [7, 11) is 1.67. The smallest absolute Gasteiger partial charge is 0.337 e. The Bertz CT molecular complexity index is 623. The minimum absolute atomic E-state index is 0.0546. The van der Waals surface area contributed by atoms with Crippen LogP contribution in [0.15, 0.2) is 42.5 Å². The SMILES string of the molecule is COCCc1ccc(Oc2ccc(C(=O)O)c(Cl)c2)cc1. The van der Waals surface area contributed by atoms with E-state index in [4.69, 9.17) is 26.2 Å². The first-order valence-corrected chi connectivity index (χ1v) is 6.76. The zero-order valence-electron chi connectivity index (χ0n) is 11.5. The molecule has 0 radical (unpaired) electrons. The van der Waals surface area contributed by atoms with Crippen LogP contribution in [0.4, 0.5) is 0 Å². The van der Waals surface area contributed by atoms with Gasteiger partial charge in [-0.05, 0) is 36.2 Å². The maximum absolute atomic E-state index is 10.9. The number of ether oxygens (including phenoxy) is 2. The molecule has 0 unspecified atom stereocenters. The van der Waals surface area contributed by atoms with E-state index in [1.807, 2.05) is 24.3 Å². The molecule has 1 N–H and O–H groups in total. The molecule has 0 spiro atoms. The fraction of sp³-hybridized carbons (Fsp3) is 0.188. The minimum Gasteiger partial charge on any atom is -0.478 e. The summed E-state index contributed by atoms with van der Waals surface area (Å²) in [5.74, 6) is 0.0963. The number of benzene rings is 2. The van der Waals surface area contributed by atoms with Crippen LogP contribution in [0.3, 0.4) is 0 Å². The molecular weight excluding hydrogens is 292 g/mol. The molecule has 0 heterocycles. The van der Waals surface area contributed by atoms with Crippen molar-refractivity contribution in [3.8, 4) is 11.5 Å². The Hall–Kier alpha value is -2.04. The molecule has 0 bridgehead atoms. The van der Waals surface area contributed by atoms with Crippen molar-refractivity contribution in [3.63, 3.8) is 0 Å². The Labute approximate surface area is 127 Å². The lowest BCUT2D eigenvalue weighted by atomic mass is 10.1. The predicted octanol–water partition coefficient (Wildman–Crippen LogP) is 4.02. The van der Waals surface area contributed by atoms with E-state index in [-0.39, 0.29) is 10.6 Å². The molecule has 0 fully saturated rings. The molecule has 4 nitrogen and oxygen atoms in total. The Balaban J connectivity index is 2.07. The van der Waals surface area contributed by atoms with Crippen molar-refractivity contribution in [2.45, 2.75) is 6.42 Å². The summed E-state index contributed by atoms with van der Waals surface area (Å²) >= 11 is 5.90. The lowest BCUT2D eigenvalue weighted by Gasteiger charge is -2.08. The number of methoxy groups -OCH3 is 1. The number of carboxylic acid groups (broad SMARTS) is 1. The number of aromatic carboxylic acids is 1. The lowest BCUT2D eigenvalue weighted by molar-refractivity contribution is 0.0697. The van der Waals surface area contributed by atoms with Crippen LogP contribution in [0.25, 0.3) is 0 Å². The van der Waals surface area contributed by atoms with Gasteiger partial charge in [-0.15, -0.1) is 0 Å². The summed E-state index contributed by atoms with van der Waals surface area (Å²) in [6, 6.07) is 12.1. The van der Waals surface area contributed by atoms with E-state index in [2.05, 4.69) is 0 Å². The third-order valence-corrected chi connectivity index (χ3v) is 3.24. The van der Waals surface area contributed by atoms with E-state index in [1.54, 1.807) is 13.2 Å². The first-order valence-electron chi connectivity index (χ1n) is 6.38. The molecule has 0 saturated carbocycles. The molecule has 5 heteroatoms. The van der Waals surface area contributed by atoms with Crippen LogP contribution in [-0.4, -0.2) is 24.8 Å². The lowest BCUT2D eigenvalue weighted by Crippen LogP contribution is -1.97. The highest BCUT2D eigenvalue weighted by Crippen LogP contribution is 2.27. The summed E-state index contributed by atoms with van der Waals surface area (Å²) < 4.78 is 10.7. The summed E-state index contributed by atoms with van der Waals surface area (Å²) in [6.45, 7) is 0.673. The molecule has 0 saturated heterocycles. The summed E-state index contributed by atoms with van der Waals surface area (Å²) in [5.41, 5.74) is 1.21. The van der Waals surface area contributed by atoms with Gasteiger partial charge in [-0.25, -0.2) is 4.79 Å². The van der Waals surface area contributed by atoms with Crippen molar-refractivity contribution in [1.29, 1.82) is 0 Å². The normalized spacial score (nSPS) is 10.4. The molecule has 2 aromatic carbocycles. The third kappa shape index (κ3) is 4.21. The molecule has 0 aliphatic heterocycles. The van der Waals surface area contributed by atoms with Crippen molar-refractivity contribution < 1.29 is 19.4 Å². The van der Waals surface area contributed by atoms with Crippen LogP contribution in [0.5, 0.6) is 11.5 Å². The molecule has 0 aliphatic carbocycles. The summed E-state index contributed by atoms with van der Waals surface area (Å²) in [5, 5.41) is 9.06. The van der Waals surface area contributed by atoms with Gasteiger partial charge in [0.2, 0.25) is 0 Å². The quantitative estimate of drug-likeness (QED) is 0.875. The molecule has 21 heavy (non-hydrogen) atoms. The molecule has 0 aromatic heterocycles. The minimum atomic E-state index is -1.06. The molecule has 0 aliphatic rings. The molecule has 110 valence electrons. The van der Waals surface area contributed by atoms with Gasteiger partial charge in [-0.1, -0.05) is 23.7 Å². The third-order valence-electron chi connectivity index (χ3n) is 2.92. The Kier molecular flexibility index (Phi) is 5.20. The number of carbonyl (C=O) groups is 1. The van der Waals surface area contributed by atoms with Gasteiger partial charge >= 0.3 is 5.97 Å². The maximum atomic E-state index is 10.9. The summed E-state index contributed by atoms with van der Waals surface area (Å²) in [6.07, 6.45) is 0.843. The second kappa shape index (κ2) is 7.11. The summed E-state index contributed by atoms with van der Waals surface area (Å²) in [4.78, 5) is 10.9. The molecular formula is C16H15ClO4. The molecule has 0 amide bonds. The number of rotatable bonds is 6. The predicted molar refractivity (Wildman–Crippen MR) is 80.5 cm³/mol. The number of carboxylic acids is 1. The van der Waals surface area contributed by atoms with E-state index >= 15 is 0 Å². The average molecular weight is 307 g/mol. The highest BCUT2D eigenvalue weighted by atomic mass is 35.5. The fourth-order valence-corrected chi connectivity index (χ4v) is 2.06. The van der Waals surface area contributed by atoms with Crippen LogP contribution in [-0.2, 0) is 11.2 Å². The average Bonchev–Trinajstić information content (AvgIpc) is 2.46. The highest BCUT2D eigenvalue weighted by Gasteiger charge is 2.09. The highest BCUT2D eigenvalue weighted by molar-refractivity contribution is 6.33. The van der Waals surface area contributed by atoms with Crippen molar-refractivity contribution in [3.05, 3.63) is 58.6 Å². The van der Waals surface area contributed by atoms with E-state index in [0.29, 0.717) is 18.1 Å². The van der Waals surface area contributed by atoms with Crippen molar-refractivity contribution in [1.82, 2.24) is 0 Å². The van der Waals surface area contributed by atoms with Crippen LogP contribution < -0.4 is 4.74 Å². The maximum Gasteiger partial charge on any atom is 0.337 e. The van der Waals surface area contributed by atoms with Crippen molar-refractivity contribution in [2.24, 2.45) is 0 Å². The van der Waals surface area contributed by atoms with Crippen molar-refractivity contribution in [2.75, 3.05) is 13.7 Å². The second-order valence-corrected chi connectivity index (χ2v) is 4.84. The zero-order chi connectivity index (χ0) is 15.2. The van der Waals surface area contributed by atoms with Gasteiger partial charge in [-0.3, -0.25) is 0 Å². The zero-order valence-corrected chi connectivity index (χ0v) is 12.3. The largest absolute Gasteiger partial charge is 0.478 e. The van der Waals surface area contributed by atoms with Gasteiger partial charge < -0.3 is 14.6 Å². The van der Waals surface area contributed by atoms with Crippen LogP contribution in [0, 0.1) is 0 Å². The van der Waals surface area contributed by atoms with Gasteiger partial charge in [0.05, 0.1) is 17.2 Å². The standard InChI is InChI=1S/C16H15ClO4/c1-20-9-8-11-2-4-12(5-3-11)21-13-6-7-14(16(18)19)15(17)10-13/h2-7,10H,8-9H2,1H3,(H,18,19). The second-order valence-electron chi connectivity index (χ2n) is 4.44. The number of halogens is 1. The van der Waals surface area contributed by atoms with E-state index in [0.717, 1.165) is 12.0 Å². The van der Waals surface area contributed by atoms with Crippen LogP contribution in [0.1, 0.15) is 15.9 Å². The van der Waals surface area contributed by atoms with Gasteiger partial charge in [0.15, 0.2) is 0 Å². The van der Waals surface area contributed by atoms with E-state index in [1.165, 1.54) is 12.1 Å². The van der Waals surface area contributed by atoms with Crippen molar-refractivity contribution >= 4 is 17.6 Å². The molecule has 2 aromatic rings. The number of hydrogen-bond donors (Lipinski definition) is 1. The fourth-order valence-electron chi connectivity index (χ4n) is 1.81. The first kappa shape index (κ1) is 15.4. The monoisotopic (exact) mass is 306 g/mol. The van der Waals surface area contributed by atoms with E-state index in [9.17, 15) is 4.79 Å². The Morgan fingerprint density at radius 1 is 1.14 bits per heavy atom. The molecule has 0 atom stereocenters. The Morgan fingerprint density at radius 3 is 2.38 bits per heavy atom. The topological polar surface area (TPSA) is 55.8 Å². The number of hydrogen-bond acceptors (Lipinski definition) is 3. The Morgan fingerprint density at radius 2 is 1.81 bits per heavy atom. The van der Waals surface area contributed by atoms with Crippen LogP contribution in [0.2, 0.25) is 5.02 Å². The molecule has 2 rings (SSSR count). The first-order chi connectivity index (χ1) is 10.1. The van der Waals surface area contributed by atoms with Gasteiger partial charge in [0.25, 0.3) is 0 Å². The van der Waals surface area contributed by atoms with Gasteiger partial charge in [0.1, 0.15) is 11.5 Å². The van der Waals surface area contributed by atoms with Gasteiger partial charge in [0, 0.05) is 13.2 Å². The van der Waals surface area contributed by atoms with E-state index < -0.39 is 5.97 Å². The van der Waals surface area contributed by atoms with Gasteiger partial charge in [-0.2, -0.15) is 0 Å².